The van der Waals surface area contributed by atoms with Gasteiger partial charge in [-0.2, -0.15) is 0 Å². The van der Waals surface area contributed by atoms with E-state index in [-0.39, 0.29) is 10.8 Å². The van der Waals surface area contributed by atoms with E-state index in [1.165, 1.54) is 5.71 Å². The molecule has 0 aliphatic rings. The predicted octanol–water partition coefficient (Wildman–Crippen LogP) is 4.07. The van der Waals surface area contributed by atoms with Crippen molar-refractivity contribution < 1.29 is 0 Å². The van der Waals surface area contributed by atoms with Crippen molar-refractivity contribution in [3.05, 3.63) is 0 Å². The lowest BCUT2D eigenvalue weighted by Gasteiger charge is -2.36. The predicted molar refractivity (Wildman–Crippen MR) is 71.9 cm³/mol. The molecule has 0 bridgehead atoms. The summed E-state index contributed by atoms with van der Waals surface area (Å²) >= 11 is 1.08. The van der Waals surface area contributed by atoms with Gasteiger partial charge in [0, 0.05) is 17.0 Å². The summed E-state index contributed by atoms with van der Waals surface area (Å²) in [5.74, 6) is 0.494. The zero-order valence-corrected chi connectivity index (χ0v) is 12.0. The summed E-state index contributed by atoms with van der Waals surface area (Å²) in [6.07, 6.45) is 1.11. The maximum Gasteiger partial charge on any atom is 0.0555 e. The highest BCUT2D eigenvalue weighted by Gasteiger charge is 2.34. The molecule has 3 heteroatoms. The van der Waals surface area contributed by atoms with Crippen molar-refractivity contribution in [2.24, 2.45) is 26.3 Å². The minimum Gasteiger partial charge on any atom is -0.258 e. The first-order valence-corrected chi connectivity index (χ1v) is 6.42. The van der Waals surface area contributed by atoms with Crippen LogP contribution in [0.5, 0.6) is 0 Å². The zero-order valence-electron chi connectivity index (χ0n) is 11.2. The molecule has 0 aromatic rings. The number of nitrogens with zero attached hydrogens (tertiary/aromatic N) is 1. The van der Waals surface area contributed by atoms with Crippen LogP contribution in [-0.4, -0.2) is 5.71 Å². The highest BCUT2D eigenvalue weighted by Crippen LogP contribution is 2.36. The smallest absolute Gasteiger partial charge is 0.0555 e. The summed E-state index contributed by atoms with van der Waals surface area (Å²) in [7, 11) is 0. The van der Waals surface area contributed by atoms with Gasteiger partial charge in [0.15, 0.2) is 0 Å². The van der Waals surface area contributed by atoms with Crippen LogP contribution >= 0.6 is 12.1 Å². The van der Waals surface area contributed by atoms with E-state index in [2.05, 4.69) is 52.9 Å². The normalized spacial score (nSPS) is 16.7. The van der Waals surface area contributed by atoms with Crippen LogP contribution in [0.2, 0.25) is 0 Å². The van der Waals surface area contributed by atoms with Gasteiger partial charge < -0.3 is 0 Å². The molecule has 1 atom stereocenters. The van der Waals surface area contributed by atoms with Crippen LogP contribution in [0.25, 0.3) is 0 Å². The second-order valence-corrected chi connectivity index (χ2v) is 6.55. The Morgan fingerprint density at radius 3 is 1.87 bits per heavy atom. The standard InChI is InChI=1S/C12H26N2S/c1-8-9(11(2,3)4)10(14-15-13)12(5,6)7/h9H,8,13H2,1-7H3. The molecular weight excluding hydrogens is 204 g/mol. The molecule has 0 aliphatic carbocycles. The van der Waals surface area contributed by atoms with Gasteiger partial charge in [-0.05, 0) is 11.8 Å². The average Bonchev–Trinajstić information content (AvgIpc) is 2.00. The molecule has 2 nitrogen and oxygen atoms in total. The molecule has 0 amide bonds. The van der Waals surface area contributed by atoms with Crippen LogP contribution in [0.1, 0.15) is 54.9 Å². The molecule has 0 aliphatic heterocycles. The molecule has 0 radical (unpaired) electrons. The Kier molecular flexibility index (Phi) is 5.34. The van der Waals surface area contributed by atoms with Crippen LogP contribution in [0, 0.1) is 16.7 Å². The first-order chi connectivity index (χ1) is 6.64. The Balaban J connectivity index is 5.16. The van der Waals surface area contributed by atoms with E-state index >= 15 is 0 Å². The Labute approximate surface area is 99.4 Å². The Morgan fingerprint density at radius 2 is 1.67 bits per heavy atom. The fourth-order valence-electron chi connectivity index (χ4n) is 2.00. The molecule has 0 aromatic heterocycles. The van der Waals surface area contributed by atoms with Crippen LogP contribution < -0.4 is 5.14 Å². The molecule has 15 heavy (non-hydrogen) atoms. The van der Waals surface area contributed by atoms with E-state index in [0.29, 0.717) is 5.92 Å². The fourth-order valence-corrected chi connectivity index (χ4v) is 2.51. The molecule has 0 saturated heterocycles. The second-order valence-electron chi connectivity index (χ2n) is 6.16. The van der Waals surface area contributed by atoms with Gasteiger partial charge in [-0.1, -0.05) is 48.5 Å². The molecule has 0 fully saturated rings. The summed E-state index contributed by atoms with van der Waals surface area (Å²) in [6, 6.07) is 0. The van der Waals surface area contributed by atoms with Crippen molar-refractivity contribution in [1.29, 1.82) is 0 Å². The van der Waals surface area contributed by atoms with Crippen molar-refractivity contribution >= 4 is 17.8 Å². The van der Waals surface area contributed by atoms with Crippen molar-refractivity contribution in [2.75, 3.05) is 0 Å². The summed E-state index contributed by atoms with van der Waals surface area (Å²) in [6.45, 7) is 15.6. The van der Waals surface area contributed by atoms with Gasteiger partial charge >= 0.3 is 0 Å². The third-order valence-corrected chi connectivity index (χ3v) is 3.01. The summed E-state index contributed by atoms with van der Waals surface area (Å²) < 4.78 is 4.44. The van der Waals surface area contributed by atoms with Crippen LogP contribution in [0.3, 0.4) is 0 Å². The Hall–Kier alpha value is -0.0200. The van der Waals surface area contributed by atoms with E-state index in [0.717, 1.165) is 18.6 Å². The van der Waals surface area contributed by atoms with Crippen molar-refractivity contribution in [1.82, 2.24) is 0 Å². The molecule has 1 unspecified atom stereocenters. The molecule has 0 rings (SSSR count). The minimum atomic E-state index is 0.0975. The quantitative estimate of drug-likeness (QED) is 0.586. The molecule has 0 saturated carbocycles. The highest BCUT2D eigenvalue weighted by molar-refractivity contribution is 7.95. The van der Waals surface area contributed by atoms with Crippen molar-refractivity contribution in [3.8, 4) is 0 Å². The van der Waals surface area contributed by atoms with Crippen LogP contribution in [-0.2, 0) is 0 Å². The van der Waals surface area contributed by atoms with Gasteiger partial charge in [0.25, 0.3) is 0 Å². The van der Waals surface area contributed by atoms with Crippen LogP contribution in [0.15, 0.2) is 4.40 Å². The SMILES string of the molecule is CCC(C(=NSN)C(C)(C)C)C(C)(C)C. The number of nitrogens with two attached hydrogens (primary N) is 1. The molecular formula is C12H26N2S. The first kappa shape index (κ1) is 15.0. The Bertz CT molecular complexity index is 221. The number of rotatable bonds is 3. The van der Waals surface area contributed by atoms with Crippen molar-refractivity contribution in [2.45, 2.75) is 54.9 Å². The lowest BCUT2D eigenvalue weighted by Crippen LogP contribution is -2.36. The van der Waals surface area contributed by atoms with Gasteiger partial charge in [0.1, 0.15) is 0 Å². The molecule has 0 heterocycles. The fraction of sp³-hybridized carbons (Fsp3) is 0.917. The lowest BCUT2D eigenvalue weighted by molar-refractivity contribution is 0.290. The third-order valence-electron chi connectivity index (χ3n) is 2.70. The van der Waals surface area contributed by atoms with Gasteiger partial charge in [-0.25, -0.2) is 4.40 Å². The summed E-state index contributed by atoms with van der Waals surface area (Å²) in [5.41, 5.74) is 1.57. The summed E-state index contributed by atoms with van der Waals surface area (Å²) in [4.78, 5) is 0. The third kappa shape index (κ3) is 4.56. The van der Waals surface area contributed by atoms with E-state index in [4.69, 9.17) is 5.14 Å². The van der Waals surface area contributed by atoms with Gasteiger partial charge in [0.05, 0.1) is 12.1 Å². The van der Waals surface area contributed by atoms with E-state index in [9.17, 15) is 0 Å². The van der Waals surface area contributed by atoms with Crippen molar-refractivity contribution in [3.63, 3.8) is 0 Å². The highest BCUT2D eigenvalue weighted by atomic mass is 32.2. The van der Waals surface area contributed by atoms with Gasteiger partial charge in [-0.15, -0.1) is 0 Å². The number of hydrogen-bond donors (Lipinski definition) is 1. The van der Waals surface area contributed by atoms with Gasteiger partial charge in [-0.3, -0.25) is 5.14 Å². The zero-order chi connectivity index (χ0) is 12.3. The Morgan fingerprint density at radius 1 is 1.20 bits per heavy atom. The molecule has 90 valence electrons. The summed E-state index contributed by atoms with van der Waals surface area (Å²) in [5, 5.41) is 5.49. The molecule has 2 N–H and O–H groups in total. The maximum atomic E-state index is 5.49. The second kappa shape index (κ2) is 5.35. The first-order valence-electron chi connectivity index (χ1n) is 5.58. The minimum absolute atomic E-state index is 0.0975. The van der Waals surface area contributed by atoms with Crippen LogP contribution in [0.4, 0.5) is 0 Å². The molecule has 0 spiro atoms. The average molecular weight is 230 g/mol. The topological polar surface area (TPSA) is 38.4 Å². The van der Waals surface area contributed by atoms with E-state index in [1.54, 1.807) is 0 Å². The van der Waals surface area contributed by atoms with Gasteiger partial charge in [0.2, 0.25) is 0 Å². The lowest BCUT2D eigenvalue weighted by atomic mass is 9.69. The van der Waals surface area contributed by atoms with E-state index < -0.39 is 0 Å². The monoisotopic (exact) mass is 230 g/mol. The van der Waals surface area contributed by atoms with E-state index in [1.807, 2.05) is 0 Å². The number of hydrogen-bond acceptors (Lipinski definition) is 3. The largest absolute Gasteiger partial charge is 0.258 e. The maximum absolute atomic E-state index is 5.49. The molecule has 0 aromatic carbocycles.